The molecule has 0 aliphatic carbocycles. The minimum atomic E-state index is -1.38. The van der Waals surface area contributed by atoms with Crippen molar-refractivity contribution in [3.8, 4) is 10.6 Å². The molecule has 1 saturated heterocycles. The van der Waals surface area contributed by atoms with Gasteiger partial charge in [0.15, 0.2) is 11.2 Å². The second kappa shape index (κ2) is 10.9. The molecule has 7 nitrogen and oxygen atoms in total. The SMILES string of the molecule is CN1C(C=O)CC(c2ncc(-c3ccccn3)s2)NS1=O.CNc1ccc(F)c(Cl)c1. The average molecular weight is 482 g/mol. The van der Waals surface area contributed by atoms with Gasteiger partial charge in [-0.15, -0.1) is 11.3 Å². The first-order chi connectivity index (χ1) is 14.9. The number of halogens is 2. The highest BCUT2D eigenvalue weighted by atomic mass is 35.5. The van der Waals surface area contributed by atoms with Crippen LogP contribution in [-0.2, 0) is 16.0 Å². The minimum absolute atomic E-state index is 0.145. The molecular formula is C20H21ClFN5O2S2. The summed E-state index contributed by atoms with van der Waals surface area (Å²) in [6.45, 7) is 0. The molecule has 0 spiro atoms. The summed E-state index contributed by atoms with van der Waals surface area (Å²) in [5, 5.41) is 3.81. The van der Waals surface area contributed by atoms with Crippen LogP contribution in [0.15, 0.2) is 48.8 Å². The lowest BCUT2D eigenvalue weighted by atomic mass is 10.1. The maximum Gasteiger partial charge on any atom is 0.171 e. The van der Waals surface area contributed by atoms with Gasteiger partial charge in [-0.2, -0.15) is 0 Å². The van der Waals surface area contributed by atoms with Crippen LogP contribution in [0.4, 0.5) is 10.1 Å². The maximum atomic E-state index is 12.5. The number of anilines is 1. The Hall–Kier alpha value is -2.24. The fourth-order valence-electron chi connectivity index (χ4n) is 2.79. The van der Waals surface area contributed by atoms with E-state index in [4.69, 9.17) is 11.6 Å². The van der Waals surface area contributed by atoms with Gasteiger partial charge >= 0.3 is 0 Å². The summed E-state index contributed by atoms with van der Waals surface area (Å²) < 4.78 is 28.9. The molecule has 1 aliphatic heterocycles. The third kappa shape index (κ3) is 5.92. The Morgan fingerprint density at radius 1 is 1.35 bits per heavy atom. The average Bonchev–Trinajstić information content (AvgIpc) is 3.29. The van der Waals surface area contributed by atoms with Gasteiger partial charge in [0.05, 0.1) is 27.7 Å². The van der Waals surface area contributed by atoms with Crippen molar-refractivity contribution in [2.45, 2.75) is 18.5 Å². The first-order valence-corrected chi connectivity index (χ1v) is 11.6. The molecule has 31 heavy (non-hydrogen) atoms. The lowest BCUT2D eigenvalue weighted by Gasteiger charge is -2.32. The number of likely N-dealkylation sites (N-methyl/N-ethyl adjacent to an activating group) is 1. The summed E-state index contributed by atoms with van der Waals surface area (Å²) in [5.41, 5.74) is 1.67. The quantitative estimate of drug-likeness (QED) is 0.553. The van der Waals surface area contributed by atoms with Crippen LogP contribution in [-0.4, -0.2) is 44.9 Å². The molecule has 1 aliphatic rings. The topological polar surface area (TPSA) is 87.2 Å². The van der Waals surface area contributed by atoms with Crippen LogP contribution in [0, 0.1) is 5.82 Å². The highest BCUT2D eigenvalue weighted by molar-refractivity contribution is 7.80. The van der Waals surface area contributed by atoms with E-state index in [0.29, 0.717) is 6.42 Å². The zero-order valence-corrected chi connectivity index (χ0v) is 19.2. The lowest BCUT2D eigenvalue weighted by molar-refractivity contribution is -0.111. The zero-order chi connectivity index (χ0) is 22.4. The number of nitrogens with one attached hydrogen (secondary N) is 2. The van der Waals surface area contributed by atoms with Crippen molar-refractivity contribution in [3.05, 3.63) is 64.6 Å². The van der Waals surface area contributed by atoms with E-state index in [1.807, 2.05) is 18.2 Å². The molecule has 3 aromatic rings. The molecule has 3 unspecified atom stereocenters. The van der Waals surface area contributed by atoms with E-state index in [1.165, 1.54) is 27.8 Å². The molecule has 1 aromatic carbocycles. The zero-order valence-electron chi connectivity index (χ0n) is 16.8. The molecule has 0 saturated carbocycles. The standard InChI is InChI=1S/C13H14N4O2S2.C7H7ClFN/c1-17-9(8-18)6-11(16-21(17)19)13-15-7-12(20-13)10-4-2-3-5-14-10;1-10-5-2-3-7(9)6(8)4-5/h2-5,7-9,11,16H,6H2,1H3;2-4,10H,1H3. The van der Waals surface area contributed by atoms with Crippen molar-refractivity contribution < 1.29 is 13.4 Å². The largest absolute Gasteiger partial charge is 0.388 e. The number of thiazole rings is 1. The van der Waals surface area contributed by atoms with Gasteiger partial charge in [-0.3, -0.25) is 4.98 Å². The van der Waals surface area contributed by atoms with Crippen molar-refractivity contribution >= 4 is 46.1 Å². The highest BCUT2D eigenvalue weighted by Crippen LogP contribution is 2.32. The van der Waals surface area contributed by atoms with Gasteiger partial charge in [0, 0.05) is 32.2 Å². The van der Waals surface area contributed by atoms with Gasteiger partial charge in [0.2, 0.25) is 0 Å². The summed E-state index contributed by atoms with van der Waals surface area (Å²) in [7, 11) is 3.42. The number of rotatable bonds is 4. The number of carbonyl (C=O) groups excluding carboxylic acids is 1. The third-order valence-electron chi connectivity index (χ3n) is 4.55. The van der Waals surface area contributed by atoms with Gasteiger partial charge in [-0.25, -0.2) is 22.6 Å². The predicted octanol–water partition coefficient (Wildman–Crippen LogP) is 3.84. The smallest absolute Gasteiger partial charge is 0.171 e. The monoisotopic (exact) mass is 481 g/mol. The second-order valence-corrected chi connectivity index (χ2v) is 9.34. The molecule has 3 atom stereocenters. The number of hydrogen-bond donors (Lipinski definition) is 2. The van der Waals surface area contributed by atoms with Crippen LogP contribution in [0.2, 0.25) is 5.02 Å². The summed E-state index contributed by atoms with van der Waals surface area (Å²) in [4.78, 5) is 20.7. The van der Waals surface area contributed by atoms with Crippen molar-refractivity contribution in [1.29, 1.82) is 0 Å². The summed E-state index contributed by atoms with van der Waals surface area (Å²) >= 11 is 5.60. The predicted molar refractivity (Wildman–Crippen MR) is 123 cm³/mol. The number of pyridine rings is 1. The van der Waals surface area contributed by atoms with Crippen LogP contribution in [0.25, 0.3) is 10.6 Å². The van der Waals surface area contributed by atoms with Crippen LogP contribution in [0.1, 0.15) is 17.5 Å². The molecule has 0 radical (unpaired) electrons. The van der Waals surface area contributed by atoms with Crippen molar-refractivity contribution in [3.63, 3.8) is 0 Å². The third-order valence-corrected chi connectivity index (χ3v) is 7.26. The number of hydrogen-bond acceptors (Lipinski definition) is 6. The number of aldehydes is 1. The van der Waals surface area contributed by atoms with E-state index in [2.05, 4.69) is 20.0 Å². The van der Waals surface area contributed by atoms with Gasteiger partial charge < -0.3 is 10.1 Å². The van der Waals surface area contributed by atoms with E-state index < -0.39 is 11.2 Å². The second-order valence-electron chi connectivity index (χ2n) is 6.56. The number of aromatic nitrogens is 2. The van der Waals surface area contributed by atoms with Crippen LogP contribution in [0.5, 0.6) is 0 Å². The van der Waals surface area contributed by atoms with E-state index in [1.54, 1.807) is 32.6 Å². The van der Waals surface area contributed by atoms with Crippen molar-refractivity contribution in [2.75, 3.05) is 19.4 Å². The Morgan fingerprint density at radius 2 is 2.16 bits per heavy atom. The molecular weight excluding hydrogens is 461 g/mol. The van der Waals surface area contributed by atoms with E-state index in [0.717, 1.165) is 27.6 Å². The lowest BCUT2D eigenvalue weighted by Crippen LogP contribution is -2.48. The molecule has 11 heteroatoms. The maximum absolute atomic E-state index is 12.5. The van der Waals surface area contributed by atoms with Crippen molar-refractivity contribution in [1.82, 2.24) is 19.0 Å². The van der Waals surface area contributed by atoms with Gasteiger partial charge in [-0.1, -0.05) is 17.7 Å². The molecule has 0 bridgehead atoms. The number of benzene rings is 1. The fourth-order valence-corrected chi connectivity index (χ4v) is 5.00. The summed E-state index contributed by atoms with van der Waals surface area (Å²) in [6, 6.07) is 9.66. The Kier molecular flexibility index (Phi) is 8.22. The van der Waals surface area contributed by atoms with Gasteiger partial charge in [-0.05, 0) is 36.8 Å². The Labute approximate surface area is 191 Å². The van der Waals surface area contributed by atoms with Crippen LogP contribution in [0.3, 0.4) is 0 Å². The van der Waals surface area contributed by atoms with Crippen molar-refractivity contribution in [2.24, 2.45) is 0 Å². The molecule has 2 N–H and O–H groups in total. The molecule has 0 amide bonds. The number of nitrogens with zero attached hydrogens (tertiary/aromatic N) is 3. The van der Waals surface area contributed by atoms with Gasteiger partial charge in [0.25, 0.3) is 0 Å². The van der Waals surface area contributed by atoms with E-state index in [9.17, 15) is 13.4 Å². The molecule has 164 valence electrons. The Morgan fingerprint density at radius 3 is 2.81 bits per heavy atom. The number of carbonyl (C=O) groups is 1. The summed E-state index contributed by atoms with van der Waals surface area (Å²) in [6.07, 6.45) is 4.89. The Balaban J connectivity index is 0.000000229. The van der Waals surface area contributed by atoms with E-state index in [-0.39, 0.29) is 22.9 Å². The first-order valence-electron chi connectivity index (χ1n) is 9.29. The summed E-state index contributed by atoms with van der Waals surface area (Å²) in [5.74, 6) is -0.388. The minimum Gasteiger partial charge on any atom is -0.388 e. The highest BCUT2D eigenvalue weighted by Gasteiger charge is 2.33. The normalized spacial score (nSPS) is 21.1. The first kappa shape index (κ1) is 23.4. The molecule has 1 fully saturated rings. The van der Waals surface area contributed by atoms with E-state index >= 15 is 0 Å². The van der Waals surface area contributed by atoms with Crippen LogP contribution < -0.4 is 10.0 Å². The molecule has 4 rings (SSSR count). The molecule has 3 heterocycles. The van der Waals surface area contributed by atoms with Crippen LogP contribution >= 0.6 is 22.9 Å². The Bertz CT molecular complexity index is 1050. The van der Waals surface area contributed by atoms with Gasteiger partial charge in [0.1, 0.15) is 17.1 Å². The fraction of sp³-hybridized carbons (Fsp3) is 0.250. The molecule has 2 aromatic heterocycles.